The standard InChI is InChI=1S/C11H12N4O2S/c1-3-10-12-11(14-13-10)18-9-5-4-8(15(16)17)6-7(9)2/h4-6H,3H2,1-2H3,(H,12,13,14). The summed E-state index contributed by atoms with van der Waals surface area (Å²) in [5.74, 6) is 0.831. The summed E-state index contributed by atoms with van der Waals surface area (Å²) in [4.78, 5) is 15.4. The van der Waals surface area contributed by atoms with Crippen molar-refractivity contribution >= 4 is 17.4 Å². The molecule has 6 nitrogen and oxygen atoms in total. The lowest BCUT2D eigenvalue weighted by Gasteiger charge is -2.01. The highest BCUT2D eigenvalue weighted by Gasteiger charge is 2.11. The number of aryl methyl sites for hydroxylation is 2. The predicted molar refractivity (Wildman–Crippen MR) is 67.7 cm³/mol. The molecule has 2 aromatic rings. The Bertz CT molecular complexity index is 582. The fraction of sp³-hybridized carbons (Fsp3) is 0.273. The van der Waals surface area contributed by atoms with E-state index in [0.29, 0.717) is 5.16 Å². The average Bonchev–Trinajstić information content (AvgIpc) is 2.79. The van der Waals surface area contributed by atoms with Crippen molar-refractivity contribution in [3.05, 3.63) is 39.7 Å². The summed E-state index contributed by atoms with van der Waals surface area (Å²) in [7, 11) is 0. The van der Waals surface area contributed by atoms with E-state index in [1.54, 1.807) is 12.1 Å². The third-order valence-corrected chi connectivity index (χ3v) is 3.46. The molecule has 1 N–H and O–H groups in total. The van der Waals surface area contributed by atoms with Crippen molar-refractivity contribution in [1.82, 2.24) is 15.2 Å². The van der Waals surface area contributed by atoms with E-state index < -0.39 is 4.92 Å². The van der Waals surface area contributed by atoms with E-state index in [0.717, 1.165) is 22.7 Å². The van der Waals surface area contributed by atoms with Gasteiger partial charge in [0.2, 0.25) is 5.16 Å². The number of aromatic nitrogens is 3. The fourth-order valence-corrected chi connectivity index (χ4v) is 2.24. The molecule has 0 radical (unpaired) electrons. The van der Waals surface area contributed by atoms with Crippen LogP contribution in [0.3, 0.4) is 0 Å². The molecule has 0 aliphatic heterocycles. The topological polar surface area (TPSA) is 84.7 Å². The second-order valence-corrected chi connectivity index (χ2v) is 4.74. The van der Waals surface area contributed by atoms with E-state index in [9.17, 15) is 10.1 Å². The van der Waals surface area contributed by atoms with Crippen LogP contribution in [0, 0.1) is 17.0 Å². The Morgan fingerprint density at radius 2 is 2.28 bits per heavy atom. The van der Waals surface area contributed by atoms with E-state index >= 15 is 0 Å². The number of aromatic amines is 1. The Hall–Kier alpha value is -1.89. The Morgan fingerprint density at radius 1 is 1.50 bits per heavy atom. The molecule has 94 valence electrons. The van der Waals surface area contributed by atoms with Gasteiger partial charge >= 0.3 is 0 Å². The minimum Gasteiger partial charge on any atom is -0.262 e. The molecule has 0 saturated heterocycles. The van der Waals surface area contributed by atoms with Crippen molar-refractivity contribution in [2.24, 2.45) is 0 Å². The number of nitrogens with one attached hydrogen (secondary N) is 1. The van der Waals surface area contributed by atoms with Crippen LogP contribution in [0.25, 0.3) is 0 Å². The third-order valence-electron chi connectivity index (χ3n) is 2.42. The second kappa shape index (κ2) is 5.18. The molecule has 0 amide bonds. The van der Waals surface area contributed by atoms with Gasteiger partial charge in [-0.15, -0.1) is 5.10 Å². The van der Waals surface area contributed by atoms with Crippen LogP contribution in [0.15, 0.2) is 28.3 Å². The summed E-state index contributed by atoms with van der Waals surface area (Å²) in [5, 5.41) is 18.2. The van der Waals surface area contributed by atoms with E-state index in [4.69, 9.17) is 0 Å². The van der Waals surface area contributed by atoms with Crippen LogP contribution in [0.1, 0.15) is 18.3 Å². The first kappa shape index (κ1) is 12.6. The second-order valence-electron chi connectivity index (χ2n) is 3.73. The van der Waals surface area contributed by atoms with Gasteiger partial charge in [-0.3, -0.25) is 15.2 Å². The van der Waals surface area contributed by atoms with Gasteiger partial charge in [0, 0.05) is 23.4 Å². The number of nitrogens with zero attached hydrogens (tertiary/aromatic N) is 3. The normalized spacial score (nSPS) is 10.6. The summed E-state index contributed by atoms with van der Waals surface area (Å²) in [6.45, 7) is 3.83. The zero-order chi connectivity index (χ0) is 13.1. The van der Waals surface area contributed by atoms with Crippen molar-refractivity contribution in [2.75, 3.05) is 0 Å². The van der Waals surface area contributed by atoms with Gasteiger partial charge in [-0.25, -0.2) is 4.98 Å². The van der Waals surface area contributed by atoms with Crippen molar-refractivity contribution in [2.45, 2.75) is 30.3 Å². The number of non-ortho nitro benzene ring substituents is 1. The fourth-order valence-electron chi connectivity index (χ4n) is 1.44. The zero-order valence-electron chi connectivity index (χ0n) is 10.0. The first-order valence-electron chi connectivity index (χ1n) is 5.44. The number of hydrogen-bond acceptors (Lipinski definition) is 5. The van der Waals surface area contributed by atoms with E-state index in [-0.39, 0.29) is 5.69 Å². The summed E-state index contributed by atoms with van der Waals surface area (Å²) in [6.07, 6.45) is 0.798. The molecule has 0 aliphatic carbocycles. The van der Waals surface area contributed by atoms with Gasteiger partial charge in [0.15, 0.2) is 0 Å². The third kappa shape index (κ3) is 2.67. The number of benzene rings is 1. The van der Waals surface area contributed by atoms with Crippen molar-refractivity contribution < 1.29 is 4.92 Å². The van der Waals surface area contributed by atoms with Gasteiger partial charge in [0.05, 0.1) is 4.92 Å². The molecule has 0 spiro atoms. The van der Waals surface area contributed by atoms with Gasteiger partial charge in [0.25, 0.3) is 5.69 Å². The highest BCUT2D eigenvalue weighted by Crippen LogP contribution is 2.29. The molecule has 0 unspecified atom stereocenters. The molecular formula is C11H12N4O2S. The molecule has 2 rings (SSSR count). The van der Waals surface area contributed by atoms with Gasteiger partial charge < -0.3 is 0 Å². The van der Waals surface area contributed by atoms with Crippen molar-refractivity contribution in [3.8, 4) is 0 Å². The van der Waals surface area contributed by atoms with Crippen molar-refractivity contribution in [3.63, 3.8) is 0 Å². The predicted octanol–water partition coefficient (Wildman–Crippen LogP) is 2.73. The van der Waals surface area contributed by atoms with Gasteiger partial charge in [-0.1, -0.05) is 6.92 Å². The van der Waals surface area contributed by atoms with Crippen LogP contribution in [0.2, 0.25) is 0 Å². The van der Waals surface area contributed by atoms with E-state index in [1.165, 1.54) is 17.8 Å². The lowest BCUT2D eigenvalue weighted by atomic mass is 10.2. The van der Waals surface area contributed by atoms with Gasteiger partial charge in [0.1, 0.15) is 5.82 Å². The number of rotatable bonds is 4. The zero-order valence-corrected chi connectivity index (χ0v) is 10.8. The molecule has 0 atom stereocenters. The highest BCUT2D eigenvalue weighted by molar-refractivity contribution is 7.99. The molecular weight excluding hydrogens is 252 g/mol. The van der Waals surface area contributed by atoms with Crippen LogP contribution < -0.4 is 0 Å². The molecule has 18 heavy (non-hydrogen) atoms. The molecule has 0 saturated carbocycles. The maximum absolute atomic E-state index is 10.6. The first-order valence-corrected chi connectivity index (χ1v) is 6.26. The summed E-state index contributed by atoms with van der Waals surface area (Å²) >= 11 is 1.39. The average molecular weight is 264 g/mol. The Labute approximate surface area is 108 Å². The van der Waals surface area contributed by atoms with Crippen LogP contribution >= 0.6 is 11.8 Å². The molecule has 1 heterocycles. The molecule has 7 heteroatoms. The SMILES string of the molecule is CCc1nc(Sc2ccc([N+](=O)[O-])cc2C)n[nH]1. The lowest BCUT2D eigenvalue weighted by Crippen LogP contribution is -1.89. The molecule has 0 bridgehead atoms. The lowest BCUT2D eigenvalue weighted by molar-refractivity contribution is -0.385. The number of H-pyrrole nitrogens is 1. The minimum absolute atomic E-state index is 0.0982. The Balaban J connectivity index is 2.21. The number of nitro groups is 1. The molecule has 1 aromatic heterocycles. The molecule has 0 aliphatic rings. The van der Waals surface area contributed by atoms with Crippen molar-refractivity contribution in [1.29, 1.82) is 0 Å². The minimum atomic E-state index is -0.399. The maximum atomic E-state index is 10.6. The van der Waals surface area contributed by atoms with E-state index in [1.807, 2.05) is 13.8 Å². The largest absolute Gasteiger partial charge is 0.269 e. The Morgan fingerprint density at radius 3 is 2.83 bits per heavy atom. The van der Waals surface area contributed by atoms with Crippen LogP contribution in [-0.4, -0.2) is 20.1 Å². The van der Waals surface area contributed by atoms with Gasteiger partial charge in [-0.2, -0.15) is 0 Å². The number of hydrogen-bond donors (Lipinski definition) is 1. The summed E-state index contributed by atoms with van der Waals surface area (Å²) in [6, 6.07) is 4.76. The summed E-state index contributed by atoms with van der Waals surface area (Å²) < 4.78 is 0. The first-order chi connectivity index (χ1) is 8.60. The van der Waals surface area contributed by atoms with Crippen LogP contribution in [0.4, 0.5) is 5.69 Å². The maximum Gasteiger partial charge on any atom is 0.269 e. The quantitative estimate of drug-likeness (QED) is 0.678. The summed E-state index contributed by atoms with van der Waals surface area (Å²) in [5.41, 5.74) is 0.943. The smallest absolute Gasteiger partial charge is 0.262 e. The number of nitro benzene ring substituents is 1. The monoisotopic (exact) mass is 264 g/mol. The highest BCUT2D eigenvalue weighted by atomic mass is 32.2. The van der Waals surface area contributed by atoms with Gasteiger partial charge in [-0.05, 0) is 30.3 Å². The molecule has 1 aromatic carbocycles. The van der Waals surface area contributed by atoms with Crippen LogP contribution in [0.5, 0.6) is 0 Å². The Kier molecular flexibility index (Phi) is 3.61. The van der Waals surface area contributed by atoms with E-state index in [2.05, 4.69) is 15.2 Å². The van der Waals surface area contributed by atoms with Crippen LogP contribution in [-0.2, 0) is 6.42 Å². The molecule has 0 fully saturated rings.